The predicted octanol–water partition coefficient (Wildman–Crippen LogP) is 3.45. The van der Waals surface area contributed by atoms with Crippen LogP contribution in [0, 0.1) is 0 Å². The number of benzene rings is 2. The molecule has 6 nitrogen and oxygen atoms in total. The van der Waals surface area contributed by atoms with Gasteiger partial charge in [0.05, 0.1) is 23.4 Å². The van der Waals surface area contributed by atoms with Gasteiger partial charge in [-0.2, -0.15) is 0 Å². The highest BCUT2D eigenvalue weighted by Gasteiger charge is 2.36. The molecular weight excluding hydrogens is 308 g/mol. The summed E-state index contributed by atoms with van der Waals surface area (Å²) in [4.78, 5) is 37.4. The van der Waals surface area contributed by atoms with E-state index in [1.54, 1.807) is 48.5 Å². The molecule has 1 aliphatic heterocycles. The minimum Gasteiger partial charge on any atom is -0.449 e. The maximum Gasteiger partial charge on any atom is 0.411 e. The molecule has 0 fully saturated rings. The first-order chi connectivity index (χ1) is 11.6. The van der Waals surface area contributed by atoms with Crippen molar-refractivity contribution in [1.82, 2.24) is 0 Å². The molecule has 0 atom stereocenters. The summed E-state index contributed by atoms with van der Waals surface area (Å²) in [5, 5.41) is 2.58. The van der Waals surface area contributed by atoms with Crippen LogP contribution >= 0.6 is 0 Å². The molecule has 3 amide bonds. The lowest BCUT2D eigenvalue weighted by Crippen LogP contribution is -2.29. The number of fused-ring (bicyclic) bond motifs is 1. The summed E-state index contributed by atoms with van der Waals surface area (Å²) in [6.07, 6.45) is 0.205. The summed E-state index contributed by atoms with van der Waals surface area (Å²) in [5.41, 5.74) is 1.77. The largest absolute Gasteiger partial charge is 0.449 e. The highest BCUT2D eigenvalue weighted by molar-refractivity contribution is 6.34. The van der Waals surface area contributed by atoms with E-state index in [0.717, 1.165) is 11.3 Å². The minimum atomic E-state index is -0.537. The average molecular weight is 324 g/mol. The number of carbonyl (C=O) groups excluding carboxylic acids is 3. The topological polar surface area (TPSA) is 75.7 Å². The molecule has 0 unspecified atom stereocenters. The summed E-state index contributed by atoms with van der Waals surface area (Å²) in [7, 11) is 0. The molecule has 2 aromatic rings. The van der Waals surface area contributed by atoms with Crippen LogP contribution in [0.3, 0.4) is 0 Å². The number of amides is 3. The van der Waals surface area contributed by atoms with Crippen molar-refractivity contribution < 1.29 is 19.1 Å². The third kappa shape index (κ3) is 2.86. The maximum atomic E-state index is 12.4. The van der Waals surface area contributed by atoms with Gasteiger partial charge >= 0.3 is 6.09 Å². The average Bonchev–Trinajstić information content (AvgIpc) is 2.85. The van der Waals surface area contributed by atoms with Gasteiger partial charge < -0.3 is 4.74 Å². The number of imide groups is 1. The summed E-state index contributed by atoms with van der Waals surface area (Å²) in [5.74, 6) is -0.697. The second kappa shape index (κ2) is 6.54. The smallest absolute Gasteiger partial charge is 0.411 e. The number of ether oxygens (including phenoxy) is 1. The number of hydrogen-bond acceptors (Lipinski definition) is 4. The molecule has 3 rings (SSSR count). The van der Waals surface area contributed by atoms with Crippen molar-refractivity contribution in [2.45, 2.75) is 13.3 Å². The van der Waals surface area contributed by atoms with Crippen LogP contribution in [0.5, 0.6) is 0 Å². The standard InChI is InChI=1S/C18H16N2O4/c1-2-11-24-18(23)19-12-7-9-13(10-8-12)20-16(21)14-5-3-4-6-15(14)17(20)22/h3-10H,2,11H2,1H3,(H,19,23). The van der Waals surface area contributed by atoms with Crippen molar-refractivity contribution in [3.05, 3.63) is 59.7 Å². The molecule has 2 aromatic carbocycles. The number of nitrogens with zero attached hydrogens (tertiary/aromatic N) is 1. The van der Waals surface area contributed by atoms with Crippen molar-refractivity contribution in [3.63, 3.8) is 0 Å². The Labute approximate surface area is 139 Å². The molecule has 122 valence electrons. The third-order valence-electron chi connectivity index (χ3n) is 3.60. The van der Waals surface area contributed by atoms with Crippen molar-refractivity contribution in [3.8, 4) is 0 Å². The fourth-order valence-corrected chi connectivity index (χ4v) is 2.47. The van der Waals surface area contributed by atoms with Crippen LogP contribution < -0.4 is 10.2 Å². The summed E-state index contributed by atoms with van der Waals surface area (Å²) >= 11 is 0. The monoisotopic (exact) mass is 324 g/mol. The van der Waals surface area contributed by atoms with E-state index in [9.17, 15) is 14.4 Å². The Hall–Kier alpha value is -3.15. The van der Waals surface area contributed by atoms with Gasteiger partial charge in [0.1, 0.15) is 0 Å². The number of rotatable bonds is 4. The van der Waals surface area contributed by atoms with Crippen LogP contribution in [0.1, 0.15) is 34.1 Å². The zero-order valence-electron chi connectivity index (χ0n) is 13.1. The lowest BCUT2D eigenvalue weighted by Gasteiger charge is -2.14. The van der Waals surface area contributed by atoms with Crippen molar-refractivity contribution in [1.29, 1.82) is 0 Å². The van der Waals surface area contributed by atoms with Crippen molar-refractivity contribution >= 4 is 29.3 Å². The summed E-state index contributed by atoms with van der Waals surface area (Å²) in [6, 6.07) is 13.2. The van der Waals surface area contributed by atoms with E-state index >= 15 is 0 Å². The van der Waals surface area contributed by atoms with E-state index in [4.69, 9.17) is 4.74 Å². The van der Waals surface area contributed by atoms with Gasteiger partial charge in [-0.15, -0.1) is 0 Å². The Bertz CT molecular complexity index is 764. The van der Waals surface area contributed by atoms with Gasteiger partial charge in [0.15, 0.2) is 0 Å². The fraction of sp³-hybridized carbons (Fsp3) is 0.167. The lowest BCUT2D eigenvalue weighted by atomic mass is 10.1. The molecule has 0 saturated carbocycles. The predicted molar refractivity (Wildman–Crippen MR) is 89.3 cm³/mol. The highest BCUT2D eigenvalue weighted by Crippen LogP contribution is 2.28. The molecule has 1 heterocycles. The van der Waals surface area contributed by atoms with Gasteiger partial charge in [-0.1, -0.05) is 19.1 Å². The second-order valence-electron chi connectivity index (χ2n) is 5.30. The van der Waals surface area contributed by atoms with E-state index in [1.165, 1.54) is 0 Å². The van der Waals surface area contributed by atoms with Gasteiger partial charge in [-0.05, 0) is 42.8 Å². The van der Waals surface area contributed by atoms with E-state index in [1.807, 2.05) is 6.92 Å². The molecule has 0 radical (unpaired) electrons. The number of nitrogens with one attached hydrogen (secondary N) is 1. The first-order valence-electron chi connectivity index (χ1n) is 7.63. The molecule has 0 spiro atoms. The number of anilines is 2. The Balaban J connectivity index is 1.76. The second-order valence-corrected chi connectivity index (χ2v) is 5.30. The van der Waals surface area contributed by atoms with Gasteiger partial charge in [0.2, 0.25) is 0 Å². The summed E-state index contributed by atoms with van der Waals surface area (Å²) in [6.45, 7) is 2.25. The van der Waals surface area contributed by atoms with Crippen molar-refractivity contribution in [2.75, 3.05) is 16.8 Å². The third-order valence-corrected chi connectivity index (χ3v) is 3.60. The van der Waals surface area contributed by atoms with Gasteiger partial charge in [0.25, 0.3) is 11.8 Å². The Morgan fingerprint density at radius 2 is 1.58 bits per heavy atom. The molecule has 0 aliphatic carbocycles. The van der Waals surface area contributed by atoms with Crippen LogP contribution in [-0.4, -0.2) is 24.5 Å². The van der Waals surface area contributed by atoms with E-state index in [2.05, 4.69) is 5.32 Å². The fourth-order valence-electron chi connectivity index (χ4n) is 2.47. The molecular formula is C18H16N2O4. The van der Waals surface area contributed by atoms with E-state index in [-0.39, 0.29) is 11.8 Å². The summed E-state index contributed by atoms with van der Waals surface area (Å²) < 4.78 is 4.93. The molecule has 0 bridgehead atoms. The van der Waals surface area contributed by atoms with Gasteiger partial charge in [-0.3, -0.25) is 14.9 Å². The van der Waals surface area contributed by atoms with Crippen LogP contribution in [0.25, 0.3) is 0 Å². The Kier molecular flexibility index (Phi) is 4.29. The Morgan fingerprint density at radius 1 is 1.00 bits per heavy atom. The first kappa shape index (κ1) is 15.7. The van der Waals surface area contributed by atoms with Gasteiger partial charge in [0, 0.05) is 5.69 Å². The molecule has 24 heavy (non-hydrogen) atoms. The molecule has 0 aromatic heterocycles. The minimum absolute atomic E-state index is 0.346. The Morgan fingerprint density at radius 3 is 2.12 bits per heavy atom. The zero-order valence-corrected chi connectivity index (χ0v) is 13.1. The SMILES string of the molecule is CCCOC(=O)Nc1ccc(N2C(=O)c3ccccc3C2=O)cc1. The van der Waals surface area contributed by atoms with Crippen LogP contribution in [0.2, 0.25) is 0 Å². The highest BCUT2D eigenvalue weighted by atomic mass is 16.5. The van der Waals surface area contributed by atoms with Crippen LogP contribution in [-0.2, 0) is 4.74 Å². The normalized spacial score (nSPS) is 13.0. The lowest BCUT2D eigenvalue weighted by molar-refractivity contribution is 0.0926. The molecule has 0 saturated heterocycles. The molecule has 6 heteroatoms. The van der Waals surface area contributed by atoms with Crippen LogP contribution in [0.4, 0.5) is 16.2 Å². The van der Waals surface area contributed by atoms with Gasteiger partial charge in [-0.25, -0.2) is 9.69 Å². The first-order valence-corrected chi connectivity index (χ1v) is 7.63. The number of carbonyl (C=O) groups is 3. The van der Waals surface area contributed by atoms with E-state index < -0.39 is 6.09 Å². The number of hydrogen-bond donors (Lipinski definition) is 1. The maximum absolute atomic E-state index is 12.4. The molecule has 1 aliphatic rings. The van der Waals surface area contributed by atoms with Crippen LogP contribution in [0.15, 0.2) is 48.5 Å². The van der Waals surface area contributed by atoms with E-state index in [0.29, 0.717) is 29.1 Å². The quantitative estimate of drug-likeness (QED) is 0.874. The van der Waals surface area contributed by atoms with Crippen molar-refractivity contribution in [2.24, 2.45) is 0 Å². The zero-order chi connectivity index (χ0) is 17.1. The molecule has 1 N–H and O–H groups in total.